The maximum Gasteiger partial charge on any atom is 0.418 e. The molecule has 5 rings (SSSR count). The Hall–Kier alpha value is -4.57. The van der Waals surface area contributed by atoms with Gasteiger partial charge in [-0.25, -0.2) is 9.97 Å². The van der Waals surface area contributed by atoms with Gasteiger partial charge in [0.25, 0.3) is 5.56 Å². The average Bonchev–Trinajstić information content (AvgIpc) is 2.96. The predicted molar refractivity (Wildman–Crippen MR) is 156 cm³/mol. The first-order valence-corrected chi connectivity index (χ1v) is 13.2. The minimum atomic E-state index is -4.72. The molecule has 0 unspecified atom stereocenters. The first-order valence-electron chi connectivity index (χ1n) is 12.8. The summed E-state index contributed by atoms with van der Waals surface area (Å²) in [6.45, 7) is 2.08. The SMILES string of the molecule is COc1ccc(CN(Cc2ccc(OC)cc2)c2cc(C)c(C(F)(F)F)c(-c3cc4nc[nH]c(=O)c4cc3Cl)n2)cc1. The van der Waals surface area contributed by atoms with Crippen LogP contribution >= 0.6 is 11.6 Å². The second-order valence-electron chi connectivity index (χ2n) is 9.65. The molecule has 2 heterocycles. The Morgan fingerprint density at radius 2 is 1.48 bits per heavy atom. The van der Waals surface area contributed by atoms with Gasteiger partial charge in [-0.05, 0) is 66.1 Å². The first-order chi connectivity index (χ1) is 20.1. The van der Waals surface area contributed by atoms with E-state index in [1.54, 1.807) is 14.2 Å². The molecule has 0 amide bonds. The third kappa shape index (κ3) is 6.03. The van der Waals surface area contributed by atoms with Crippen LogP contribution in [-0.4, -0.2) is 29.2 Å². The molecule has 0 aliphatic heterocycles. The Morgan fingerprint density at radius 3 is 2.00 bits per heavy atom. The summed E-state index contributed by atoms with van der Waals surface area (Å²) in [5, 5.41) is 0.112. The van der Waals surface area contributed by atoms with Crippen molar-refractivity contribution in [3.05, 3.63) is 111 Å². The summed E-state index contributed by atoms with van der Waals surface area (Å²) in [5.41, 5.74) is 0.291. The number of aromatic nitrogens is 3. The monoisotopic (exact) mass is 594 g/mol. The third-order valence-corrected chi connectivity index (χ3v) is 7.17. The number of halogens is 4. The van der Waals surface area contributed by atoms with Gasteiger partial charge in [0.1, 0.15) is 17.3 Å². The van der Waals surface area contributed by atoms with Crippen LogP contribution in [-0.2, 0) is 19.3 Å². The van der Waals surface area contributed by atoms with Crippen molar-refractivity contribution < 1.29 is 22.6 Å². The molecule has 42 heavy (non-hydrogen) atoms. The zero-order valence-corrected chi connectivity index (χ0v) is 23.7. The number of methoxy groups -OCH3 is 2. The van der Waals surface area contributed by atoms with Crippen LogP contribution in [0.2, 0.25) is 5.02 Å². The van der Waals surface area contributed by atoms with E-state index in [1.165, 1.54) is 31.5 Å². The standard InChI is InChI=1S/C31H26ClF3N4O3/c1-18-12-27(39(15-19-4-8-21(41-2)9-5-19)16-20-6-10-22(42-3)11-7-20)38-29(28(18)31(33,34)35)23-14-26-24(13-25(23)32)30(40)37-17-36-26/h4-14,17H,15-16H2,1-3H3,(H,36,37,40). The molecule has 0 saturated carbocycles. The number of ether oxygens (including phenoxy) is 2. The van der Waals surface area contributed by atoms with Crippen molar-refractivity contribution in [3.8, 4) is 22.8 Å². The summed E-state index contributed by atoms with van der Waals surface area (Å²) in [4.78, 5) is 25.3. The number of fused-ring (bicyclic) bond motifs is 1. The molecule has 1 N–H and O–H groups in total. The normalized spacial score (nSPS) is 11.5. The number of hydrogen-bond donors (Lipinski definition) is 1. The molecule has 5 aromatic rings. The fourth-order valence-electron chi connectivity index (χ4n) is 4.76. The van der Waals surface area contributed by atoms with Crippen molar-refractivity contribution in [2.75, 3.05) is 19.1 Å². The fourth-order valence-corrected chi connectivity index (χ4v) is 5.01. The number of benzene rings is 3. The molecular formula is C31H26ClF3N4O3. The highest BCUT2D eigenvalue weighted by Gasteiger charge is 2.38. The largest absolute Gasteiger partial charge is 0.497 e. The molecule has 2 aromatic heterocycles. The van der Waals surface area contributed by atoms with Crippen LogP contribution in [0.3, 0.4) is 0 Å². The summed E-state index contributed by atoms with van der Waals surface area (Å²) in [6.07, 6.45) is -3.53. The summed E-state index contributed by atoms with van der Waals surface area (Å²) < 4.78 is 54.0. The third-order valence-electron chi connectivity index (χ3n) is 6.86. The van der Waals surface area contributed by atoms with Gasteiger partial charge >= 0.3 is 6.18 Å². The Bertz CT molecular complexity index is 1740. The van der Waals surface area contributed by atoms with Crippen LogP contribution in [0, 0.1) is 6.92 Å². The van der Waals surface area contributed by atoms with E-state index in [4.69, 9.17) is 21.1 Å². The topological polar surface area (TPSA) is 80.3 Å². The number of aryl methyl sites for hydroxylation is 1. The Labute approximate surface area is 244 Å². The van der Waals surface area contributed by atoms with E-state index in [-0.39, 0.29) is 32.7 Å². The summed E-state index contributed by atoms with van der Waals surface area (Å²) in [7, 11) is 3.15. The van der Waals surface area contributed by atoms with Crippen molar-refractivity contribution in [1.29, 1.82) is 0 Å². The van der Waals surface area contributed by atoms with Crippen LogP contribution in [0.1, 0.15) is 22.3 Å². The van der Waals surface area contributed by atoms with Gasteiger partial charge in [0.15, 0.2) is 0 Å². The highest BCUT2D eigenvalue weighted by molar-refractivity contribution is 6.34. The molecule has 0 atom stereocenters. The minimum Gasteiger partial charge on any atom is -0.497 e. The average molecular weight is 595 g/mol. The second kappa shape index (κ2) is 11.7. The zero-order chi connectivity index (χ0) is 30.0. The summed E-state index contributed by atoms with van der Waals surface area (Å²) in [5.74, 6) is 1.69. The Morgan fingerprint density at radius 1 is 0.905 bits per heavy atom. The van der Waals surface area contributed by atoms with E-state index in [1.807, 2.05) is 53.4 Å². The quantitative estimate of drug-likeness (QED) is 0.205. The Kier molecular flexibility index (Phi) is 8.08. The second-order valence-corrected chi connectivity index (χ2v) is 10.1. The van der Waals surface area contributed by atoms with Gasteiger partial charge in [-0.1, -0.05) is 35.9 Å². The van der Waals surface area contributed by atoms with Crippen LogP contribution in [0.5, 0.6) is 11.5 Å². The molecule has 3 aromatic carbocycles. The van der Waals surface area contributed by atoms with Crippen LogP contribution in [0.25, 0.3) is 22.2 Å². The van der Waals surface area contributed by atoms with E-state index in [0.29, 0.717) is 30.4 Å². The van der Waals surface area contributed by atoms with Gasteiger partial charge in [0.2, 0.25) is 0 Å². The molecule has 0 aliphatic rings. The molecule has 0 aliphatic carbocycles. The van der Waals surface area contributed by atoms with Crippen molar-refractivity contribution >= 4 is 28.3 Å². The van der Waals surface area contributed by atoms with Gasteiger partial charge in [-0.15, -0.1) is 0 Å². The van der Waals surface area contributed by atoms with Gasteiger partial charge in [0.05, 0.1) is 47.7 Å². The number of hydrogen-bond acceptors (Lipinski definition) is 6. The number of nitrogens with one attached hydrogen (secondary N) is 1. The molecule has 0 bridgehead atoms. The minimum absolute atomic E-state index is 0.0213. The number of alkyl halides is 3. The van der Waals surface area contributed by atoms with Crippen LogP contribution in [0.4, 0.5) is 19.0 Å². The molecule has 7 nitrogen and oxygen atoms in total. The molecule has 0 saturated heterocycles. The number of rotatable bonds is 8. The summed E-state index contributed by atoms with van der Waals surface area (Å²) in [6, 6.07) is 19.0. The van der Waals surface area contributed by atoms with Crippen molar-refractivity contribution in [3.63, 3.8) is 0 Å². The van der Waals surface area contributed by atoms with E-state index in [0.717, 1.165) is 11.1 Å². The van der Waals surface area contributed by atoms with Gasteiger partial charge < -0.3 is 19.4 Å². The lowest BCUT2D eigenvalue weighted by Gasteiger charge is -2.27. The summed E-state index contributed by atoms with van der Waals surface area (Å²) >= 11 is 6.51. The van der Waals surface area contributed by atoms with Crippen molar-refractivity contribution in [2.45, 2.75) is 26.2 Å². The van der Waals surface area contributed by atoms with Gasteiger partial charge in [0, 0.05) is 18.7 Å². The van der Waals surface area contributed by atoms with Crippen molar-refractivity contribution in [2.24, 2.45) is 0 Å². The number of aromatic amines is 1. The van der Waals surface area contributed by atoms with E-state index in [2.05, 4.69) is 15.0 Å². The van der Waals surface area contributed by atoms with Crippen LogP contribution in [0.15, 0.2) is 77.9 Å². The molecule has 0 spiro atoms. The van der Waals surface area contributed by atoms with E-state index >= 15 is 0 Å². The maximum atomic E-state index is 14.5. The highest BCUT2D eigenvalue weighted by Crippen LogP contribution is 2.42. The highest BCUT2D eigenvalue weighted by atomic mass is 35.5. The van der Waals surface area contributed by atoms with Gasteiger partial charge in [-0.2, -0.15) is 13.2 Å². The van der Waals surface area contributed by atoms with E-state index < -0.39 is 17.3 Å². The smallest absolute Gasteiger partial charge is 0.418 e. The van der Waals surface area contributed by atoms with Crippen LogP contribution < -0.4 is 19.9 Å². The zero-order valence-electron chi connectivity index (χ0n) is 22.9. The lowest BCUT2D eigenvalue weighted by atomic mass is 9.99. The molecule has 216 valence electrons. The number of H-pyrrole nitrogens is 1. The lowest BCUT2D eigenvalue weighted by Crippen LogP contribution is -2.24. The molecule has 0 fully saturated rings. The molecular weight excluding hydrogens is 569 g/mol. The van der Waals surface area contributed by atoms with Gasteiger partial charge in [-0.3, -0.25) is 4.79 Å². The maximum absolute atomic E-state index is 14.5. The molecule has 11 heteroatoms. The number of pyridine rings is 1. The molecule has 0 radical (unpaired) electrons. The number of anilines is 1. The number of nitrogens with zero attached hydrogens (tertiary/aromatic N) is 3. The van der Waals surface area contributed by atoms with Crippen molar-refractivity contribution in [1.82, 2.24) is 15.0 Å². The predicted octanol–water partition coefficient (Wildman–Crippen LogP) is 7.19. The van der Waals surface area contributed by atoms with E-state index in [9.17, 15) is 18.0 Å². The first kappa shape index (κ1) is 28.9. The fraction of sp³-hybridized carbons (Fsp3) is 0.194. The lowest BCUT2D eigenvalue weighted by molar-refractivity contribution is -0.137. The Balaban J connectivity index is 1.68.